The van der Waals surface area contributed by atoms with Gasteiger partial charge in [0.1, 0.15) is 16.6 Å². The Labute approximate surface area is 159 Å². The number of anilines is 1. The van der Waals surface area contributed by atoms with Gasteiger partial charge in [-0.25, -0.2) is 4.98 Å². The molecule has 0 radical (unpaired) electrons. The average molecular weight is 390 g/mol. The van der Waals surface area contributed by atoms with E-state index in [1.165, 1.54) is 0 Å². The molecule has 0 spiro atoms. The summed E-state index contributed by atoms with van der Waals surface area (Å²) in [5, 5.41) is 22.1. The van der Waals surface area contributed by atoms with E-state index in [9.17, 15) is 14.9 Å². The Morgan fingerprint density at radius 1 is 1.31 bits per heavy atom. The second kappa shape index (κ2) is 7.85. The molecule has 1 aromatic carbocycles. The Kier molecular flexibility index (Phi) is 5.55. The van der Waals surface area contributed by atoms with Crippen molar-refractivity contribution in [2.75, 3.05) is 5.32 Å². The van der Waals surface area contributed by atoms with Crippen molar-refractivity contribution in [2.45, 2.75) is 25.7 Å². The minimum absolute atomic E-state index is 0.250. The number of benzene rings is 1. The summed E-state index contributed by atoms with van der Waals surface area (Å²) in [4.78, 5) is 28.4. The quantitative estimate of drug-likeness (QED) is 0.816. The van der Waals surface area contributed by atoms with Crippen LogP contribution in [0.15, 0.2) is 24.3 Å². The molecule has 1 amide bonds. The summed E-state index contributed by atoms with van der Waals surface area (Å²) in [6.45, 7) is 0. The largest absolute Gasteiger partial charge is 0.481 e. The SMILES string of the molecule is N#Cc1sc(NC(=O)[C@@H]2CCC[C@H](C(=O)O)C2)nc1-c1ccccc1Cl. The highest BCUT2D eigenvalue weighted by molar-refractivity contribution is 7.16. The number of amides is 1. The van der Waals surface area contributed by atoms with Crippen LogP contribution in [0.1, 0.15) is 30.6 Å². The molecule has 2 atom stereocenters. The lowest BCUT2D eigenvalue weighted by molar-refractivity contribution is -0.143. The van der Waals surface area contributed by atoms with Crippen LogP contribution in [0.4, 0.5) is 5.13 Å². The summed E-state index contributed by atoms with van der Waals surface area (Å²) in [5.41, 5.74) is 1.07. The average Bonchev–Trinajstić information content (AvgIpc) is 3.04. The number of carboxylic acid groups (broad SMARTS) is 1. The normalized spacial score (nSPS) is 19.5. The van der Waals surface area contributed by atoms with Crippen molar-refractivity contribution in [3.05, 3.63) is 34.2 Å². The summed E-state index contributed by atoms with van der Waals surface area (Å²) >= 11 is 7.27. The van der Waals surface area contributed by atoms with Gasteiger partial charge in [-0.2, -0.15) is 5.26 Å². The summed E-state index contributed by atoms with van der Waals surface area (Å²) in [6, 6.07) is 9.15. The molecule has 2 aromatic rings. The fraction of sp³-hybridized carbons (Fsp3) is 0.333. The number of hydrogen-bond acceptors (Lipinski definition) is 5. The third-order valence-electron chi connectivity index (χ3n) is 4.48. The lowest BCUT2D eigenvalue weighted by Gasteiger charge is -2.25. The van der Waals surface area contributed by atoms with Crippen molar-refractivity contribution < 1.29 is 14.7 Å². The molecule has 8 heteroatoms. The zero-order valence-corrected chi connectivity index (χ0v) is 15.3. The van der Waals surface area contributed by atoms with Gasteiger partial charge in [-0.3, -0.25) is 9.59 Å². The van der Waals surface area contributed by atoms with E-state index in [0.29, 0.717) is 52.0 Å². The Morgan fingerprint density at radius 2 is 2.04 bits per heavy atom. The molecule has 1 aliphatic rings. The van der Waals surface area contributed by atoms with E-state index in [4.69, 9.17) is 16.7 Å². The monoisotopic (exact) mass is 389 g/mol. The third-order valence-corrected chi connectivity index (χ3v) is 5.69. The summed E-state index contributed by atoms with van der Waals surface area (Å²) in [6.07, 6.45) is 2.30. The maximum absolute atomic E-state index is 12.5. The second-order valence-electron chi connectivity index (χ2n) is 6.18. The van der Waals surface area contributed by atoms with Gasteiger partial charge in [0.15, 0.2) is 5.13 Å². The first-order valence-corrected chi connectivity index (χ1v) is 9.38. The molecule has 1 aromatic heterocycles. The summed E-state index contributed by atoms with van der Waals surface area (Å²) < 4.78 is 0. The van der Waals surface area contributed by atoms with E-state index >= 15 is 0 Å². The van der Waals surface area contributed by atoms with Crippen molar-refractivity contribution in [3.8, 4) is 17.3 Å². The third kappa shape index (κ3) is 3.87. The first-order valence-electron chi connectivity index (χ1n) is 8.19. The number of nitrogens with zero attached hydrogens (tertiary/aromatic N) is 2. The van der Waals surface area contributed by atoms with E-state index in [1.807, 2.05) is 0 Å². The van der Waals surface area contributed by atoms with Crippen LogP contribution in [0, 0.1) is 23.2 Å². The van der Waals surface area contributed by atoms with Crippen molar-refractivity contribution in [1.29, 1.82) is 5.26 Å². The molecule has 0 unspecified atom stereocenters. The van der Waals surface area contributed by atoms with Crippen LogP contribution < -0.4 is 5.32 Å². The number of aliphatic carboxylic acids is 1. The van der Waals surface area contributed by atoms with Crippen molar-refractivity contribution >= 4 is 39.9 Å². The van der Waals surface area contributed by atoms with E-state index in [0.717, 1.165) is 11.3 Å². The Balaban J connectivity index is 1.79. The first kappa shape index (κ1) is 18.4. The highest BCUT2D eigenvalue weighted by Gasteiger charge is 2.31. The number of halogens is 1. The fourth-order valence-electron chi connectivity index (χ4n) is 3.14. The number of aromatic nitrogens is 1. The number of hydrogen-bond donors (Lipinski definition) is 2. The van der Waals surface area contributed by atoms with Crippen molar-refractivity contribution in [1.82, 2.24) is 4.98 Å². The molecular weight excluding hydrogens is 374 g/mol. The Hall–Kier alpha value is -2.43. The molecule has 3 rings (SSSR count). The van der Waals surface area contributed by atoms with E-state index in [-0.39, 0.29) is 11.8 Å². The van der Waals surface area contributed by atoms with E-state index in [2.05, 4.69) is 16.4 Å². The molecule has 0 bridgehead atoms. The first-order chi connectivity index (χ1) is 12.5. The van der Waals surface area contributed by atoms with Gasteiger partial charge < -0.3 is 10.4 Å². The molecule has 0 aliphatic heterocycles. The molecule has 6 nitrogen and oxygen atoms in total. The smallest absolute Gasteiger partial charge is 0.306 e. The zero-order chi connectivity index (χ0) is 18.7. The fourth-order valence-corrected chi connectivity index (χ4v) is 4.15. The molecule has 1 heterocycles. The van der Waals surface area contributed by atoms with Crippen LogP contribution in [0.2, 0.25) is 5.02 Å². The maximum Gasteiger partial charge on any atom is 0.306 e. The number of nitriles is 1. The van der Waals surface area contributed by atoms with E-state index in [1.54, 1.807) is 24.3 Å². The number of thiazole rings is 1. The maximum atomic E-state index is 12.5. The predicted molar refractivity (Wildman–Crippen MR) is 99.0 cm³/mol. The van der Waals surface area contributed by atoms with Crippen LogP contribution in [-0.2, 0) is 9.59 Å². The van der Waals surface area contributed by atoms with Crippen molar-refractivity contribution in [2.24, 2.45) is 11.8 Å². The predicted octanol–water partition coefficient (Wildman–Crippen LogP) is 4.16. The molecule has 1 fully saturated rings. The molecule has 1 saturated carbocycles. The molecule has 26 heavy (non-hydrogen) atoms. The number of carbonyl (C=O) groups is 2. The van der Waals surface area contributed by atoms with Gasteiger partial charge in [0.05, 0.1) is 10.9 Å². The number of carboxylic acids is 1. The van der Waals surface area contributed by atoms with Gasteiger partial charge in [0.2, 0.25) is 5.91 Å². The van der Waals surface area contributed by atoms with Crippen LogP contribution in [0.5, 0.6) is 0 Å². The van der Waals surface area contributed by atoms with Crippen LogP contribution >= 0.6 is 22.9 Å². The van der Waals surface area contributed by atoms with Gasteiger partial charge in [0, 0.05) is 11.5 Å². The molecule has 0 saturated heterocycles. The molecule has 2 N–H and O–H groups in total. The van der Waals surface area contributed by atoms with E-state index < -0.39 is 11.9 Å². The van der Waals surface area contributed by atoms with Crippen molar-refractivity contribution in [3.63, 3.8) is 0 Å². The molecule has 1 aliphatic carbocycles. The minimum atomic E-state index is -0.857. The highest BCUT2D eigenvalue weighted by atomic mass is 35.5. The molecule has 134 valence electrons. The highest BCUT2D eigenvalue weighted by Crippen LogP contribution is 2.35. The van der Waals surface area contributed by atoms with Gasteiger partial charge >= 0.3 is 5.97 Å². The minimum Gasteiger partial charge on any atom is -0.481 e. The van der Waals surface area contributed by atoms with Gasteiger partial charge in [0.25, 0.3) is 0 Å². The Bertz CT molecular complexity index is 890. The number of carbonyl (C=O) groups excluding carboxylic acids is 1. The lowest BCUT2D eigenvalue weighted by atomic mass is 9.81. The number of nitrogens with one attached hydrogen (secondary N) is 1. The lowest BCUT2D eigenvalue weighted by Crippen LogP contribution is -2.30. The molecular formula is C18H16ClN3O3S. The van der Waals surface area contributed by atoms with Crippen LogP contribution in [0.25, 0.3) is 11.3 Å². The van der Waals surface area contributed by atoms with Gasteiger partial charge in [-0.1, -0.05) is 47.6 Å². The standard InChI is InChI=1S/C18H16ClN3O3S/c19-13-7-2-1-6-12(13)15-14(9-20)26-18(21-15)22-16(23)10-4-3-5-11(8-10)17(24)25/h1-2,6-7,10-11H,3-5,8H2,(H,24,25)(H,21,22,23)/t10-,11+/m1/s1. The number of rotatable bonds is 4. The van der Waals surface area contributed by atoms with Crippen LogP contribution in [0.3, 0.4) is 0 Å². The van der Waals surface area contributed by atoms with Crippen LogP contribution in [-0.4, -0.2) is 22.0 Å². The zero-order valence-electron chi connectivity index (χ0n) is 13.7. The summed E-state index contributed by atoms with van der Waals surface area (Å²) in [5.74, 6) is -1.95. The Morgan fingerprint density at radius 3 is 2.73 bits per heavy atom. The van der Waals surface area contributed by atoms with Gasteiger partial charge in [-0.15, -0.1) is 0 Å². The topological polar surface area (TPSA) is 103 Å². The second-order valence-corrected chi connectivity index (χ2v) is 7.58. The van der Waals surface area contributed by atoms with Gasteiger partial charge in [-0.05, 0) is 25.3 Å². The summed E-state index contributed by atoms with van der Waals surface area (Å²) in [7, 11) is 0.